The first-order valence-corrected chi connectivity index (χ1v) is 15.1. The summed E-state index contributed by atoms with van der Waals surface area (Å²) < 4.78 is 17.3. The molecule has 5 aromatic rings. The van der Waals surface area contributed by atoms with Gasteiger partial charge in [0.05, 0.1) is 12.1 Å². The molecule has 4 aromatic carbocycles. The zero-order valence-electron chi connectivity index (χ0n) is 24.7. The Balaban J connectivity index is 1.52. The van der Waals surface area contributed by atoms with Crippen molar-refractivity contribution in [3.63, 3.8) is 0 Å². The molecular weight excluding hydrogens is 519 g/mol. The second-order valence-corrected chi connectivity index (χ2v) is 12.3. The van der Waals surface area contributed by atoms with E-state index in [9.17, 15) is 0 Å². The van der Waals surface area contributed by atoms with Crippen LogP contribution in [0.25, 0.3) is 44.8 Å². The van der Waals surface area contributed by atoms with Crippen LogP contribution >= 0.6 is 0 Å². The van der Waals surface area contributed by atoms with Crippen LogP contribution in [0.3, 0.4) is 0 Å². The predicted molar refractivity (Wildman–Crippen MR) is 173 cm³/mol. The van der Waals surface area contributed by atoms with Gasteiger partial charge >= 0.3 is 0 Å². The van der Waals surface area contributed by atoms with E-state index in [1.54, 1.807) is 0 Å². The Morgan fingerprint density at radius 2 is 1.55 bits per heavy atom. The van der Waals surface area contributed by atoms with Crippen molar-refractivity contribution in [3.05, 3.63) is 101 Å². The van der Waals surface area contributed by atoms with Gasteiger partial charge in [-0.2, -0.15) is 0 Å². The number of halogens is 1. The number of hydrogen-bond donors (Lipinski definition) is 0. The lowest BCUT2D eigenvalue weighted by Gasteiger charge is -2.34. The zero-order valence-corrected chi connectivity index (χ0v) is 24.7. The number of benzene rings is 4. The average Bonchev–Trinajstić information content (AvgIpc) is 2.99. The summed E-state index contributed by atoms with van der Waals surface area (Å²) in [6.07, 6.45) is 6.20. The minimum absolute atomic E-state index is 0.182. The molecule has 42 heavy (non-hydrogen) atoms. The maximum absolute atomic E-state index is 17.3. The number of fused-ring (bicyclic) bond motifs is 3. The van der Waals surface area contributed by atoms with E-state index in [1.807, 2.05) is 31.2 Å². The highest BCUT2D eigenvalue weighted by Crippen LogP contribution is 2.41. The normalized spacial score (nSPS) is 19.8. The molecular formula is C37H37FN4. The highest BCUT2D eigenvalue weighted by molar-refractivity contribution is 5.96. The van der Waals surface area contributed by atoms with Gasteiger partial charge in [-0.05, 0) is 85.4 Å². The molecule has 212 valence electrons. The number of anilines is 1. The number of rotatable bonds is 3. The Morgan fingerprint density at radius 3 is 2.40 bits per heavy atom. The molecule has 1 atom stereocenters. The summed E-state index contributed by atoms with van der Waals surface area (Å²) in [5, 5.41) is 5.66. The number of aryl methyl sites for hydroxylation is 1. The van der Waals surface area contributed by atoms with E-state index in [-0.39, 0.29) is 5.83 Å². The standard InChI is InChI=1S/C37H37FN4/c1-25-22-27-13-6-7-15-28(27)31(23-25)35-39-33-30(36(40-35)42-21-10-4-9-20-41(3)24-42)18-19-37(2,34(33)38)32-17-11-14-26-12-5-8-16-29(26)32/h5-8,11-18,22-23H,4,9-10,19-21,24H2,1-3H3. The summed E-state index contributed by atoms with van der Waals surface area (Å²) >= 11 is 0. The van der Waals surface area contributed by atoms with Gasteiger partial charge in [-0.15, -0.1) is 0 Å². The third-order valence-corrected chi connectivity index (χ3v) is 9.14. The van der Waals surface area contributed by atoms with Crippen molar-refractivity contribution >= 4 is 39.3 Å². The maximum Gasteiger partial charge on any atom is 0.162 e. The average molecular weight is 557 g/mol. The van der Waals surface area contributed by atoms with Crippen molar-refractivity contribution in [2.75, 3.05) is 31.7 Å². The van der Waals surface area contributed by atoms with Crippen molar-refractivity contribution in [2.24, 2.45) is 0 Å². The largest absolute Gasteiger partial charge is 0.343 e. The van der Waals surface area contributed by atoms with E-state index in [4.69, 9.17) is 9.97 Å². The number of nitrogens with zero attached hydrogens (tertiary/aromatic N) is 4. The number of hydrogen-bond acceptors (Lipinski definition) is 4. The summed E-state index contributed by atoms with van der Waals surface area (Å²) in [5.74, 6) is 1.24. The summed E-state index contributed by atoms with van der Waals surface area (Å²) in [5.41, 5.74) is 2.24. The van der Waals surface area contributed by atoms with Crippen LogP contribution < -0.4 is 15.5 Å². The van der Waals surface area contributed by atoms with Gasteiger partial charge in [0, 0.05) is 17.3 Å². The molecule has 1 aromatic heterocycles. The molecule has 1 fully saturated rings. The smallest absolute Gasteiger partial charge is 0.162 e. The first-order chi connectivity index (χ1) is 20.4. The molecule has 0 radical (unpaired) electrons. The molecule has 4 nitrogen and oxygen atoms in total. The lowest BCUT2D eigenvalue weighted by molar-refractivity contribution is 0.305. The first kappa shape index (κ1) is 26.8. The van der Waals surface area contributed by atoms with Gasteiger partial charge in [-0.3, -0.25) is 4.90 Å². The minimum Gasteiger partial charge on any atom is -0.343 e. The SMILES string of the molecule is Cc1cc(-c2nc(N3CCCCCN(C)C3)c3c(n2)=C(F)C(C)(c2cccc4ccccc24)CC=3)c2ccccc2c1. The van der Waals surface area contributed by atoms with Crippen LogP contribution in [0.4, 0.5) is 10.2 Å². The molecule has 5 heteroatoms. The molecule has 0 N–H and O–H groups in total. The molecule has 1 aliphatic heterocycles. The van der Waals surface area contributed by atoms with Gasteiger partial charge < -0.3 is 4.90 Å². The van der Waals surface area contributed by atoms with Crippen LogP contribution in [0.5, 0.6) is 0 Å². The summed E-state index contributed by atoms with van der Waals surface area (Å²) in [6.45, 7) is 6.81. The Morgan fingerprint density at radius 1 is 0.810 bits per heavy atom. The van der Waals surface area contributed by atoms with E-state index >= 15 is 4.39 Å². The van der Waals surface area contributed by atoms with E-state index in [0.717, 1.165) is 75.5 Å². The Labute approximate surface area is 246 Å². The van der Waals surface area contributed by atoms with Crippen molar-refractivity contribution in [1.82, 2.24) is 14.9 Å². The predicted octanol–water partition coefficient (Wildman–Crippen LogP) is 6.86. The molecule has 1 aliphatic carbocycles. The third kappa shape index (κ3) is 4.57. The quantitative estimate of drug-likeness (QED) is 0.243. The fourth-order valence-corrected chi connectivity index (χ4v) is 6.88. The molecule has 1 saturated heterocycles. The van der Waals surface area contributed by atoms with Crippen molar-refractivity contribution < 1.29 is 4.39 Å². The monoisotopic (exact) mass is 556 g/mol. The molecule has 0 bridgehead atoms. The summed E-state index contributed by atoms with van der Waals surface area (Å²) in [6, 6.07) is 27.1. The van der Waals surface area contributed by atoms with Crippen LogP contribution in [-0.4, -0.2) is 41.7 Å². The topological polar surface area (TPSA) is 32.3 Å². The van der Waals surface area contributed by atoms with Crippen molar-refractivity contribution in [3.8, 4) is 11.4 Å². The molecule has 0 amide bonds. The van der Waals surface area contributed by atoms with Gasteiger partial charge in [0.1, 0.15) is 17.0 Å². The Hall–Kier alpha value is -4.09. The fourth-order valence-electron chi connectivity index (χ4n) is 6.88. The molecule has 7 rings (SSSR count). The Kier molecular flexibility index (Phi) is 6.78. The van der Waals surface area contributed by atoms with E-state index in [2.05, 4.69) is 84.4 Å². The highest BCUT2D eigenvalue weighted by atomic mass is 19.1. The molecule has 0 spiro atoms. The maximum atomic E-state index is 17.3. The van der Waals surface area contributed by atoms with Gasteiger partial charge in [0.25, 0.3) is 0 Å². The minimum atomic E-state index is -0.835. The van der Waals surface area contributed by atoms with Gasteiger partial charge in [0.2, 0.25) is 0 Å². The molecule has 1 unspecified atom stereocenters. The molecule has 2 heterocycles. The van der Waals surface area contributed by atoms with Crippen LogP contribution in [-0.2, 0) is 5.41 Å². The van der Waals surface area contributed by atoms with Gasteiger partial charge in [0.15, 0.2) is 5.82 Å². The van der Waals surface area contributed by atoms with Crippen molar-refractivity contribution in [2.45, 2.75) is 44.9 Å². The lowest BCUT2D eigenvalue weighted by atomic mass is 9.74. The van der Waals surface area contributed by atoms with Crippen LogP contribution in [0, 0.1) is 6.92 Å². The summed E-state index contributed by atoms with van der Waals surface area (Å²) in [4.78, 5) is 15.0. The third-order valence-electron chi connectivity index (χ3n) is 9.14. The second kappa shape index (κ2) is 10.6. The van der Waals surface area contributed by atoms with Gasteiger partial charge in [-0.25, -0.2) is 14.4 Å². The zero-order chi connectivity index (χ0) is 28.8. The second-order valence-electron chi connectivity index (χ2n) is 12.3. The summed E-state index contributed by atoms with van der Waals surface area (Å²) in [7, 11) is 2.16. The van der Waals surface area contributed by atoms with E-state index in [1.165, 1.54) is 12.8 Å². The lowest BCUT2D eigenvalue weighted by Crippen LogP contribution is -2.47. The van der Waals surface area contributed by atoms with Crippen molar-refractivity contribution in [1.29, 1.82) is 0 Å². The fraction of sp³-hybridized carbons (Fsp3) is 0.297. The number of aromatic nitrogens is 2. The molecule has 2 aliphatic rings. The van der Waals surface area contributed by atoms with E-state index < -0.39 is 5.41 Å². The van der Waals surface area contributed by atoms with Crippen LogP contribution in [0.15, 0.2) is 78.9 Å². The van der Waals surface area contributed by atoms with E-state index in [0.29, 0.717) is 17.6 Å². The molecule has 0 saturated carbocycles. The highest BCUT2D eigenvalue weighted by Gasteiger charge is 2.37. The first-order valence-electron chi connectivity index (χ1n) is 15.1. The van der Waals surface area contributed by atoms with Gasteiger partial charge in [-0.1, -0.05) is 85.3 Å². The van der Waals surface area contributed by atoms with Crippen LogP contribution in [0.1, 0.15) is 43.7 Å². The Bertz CT molecular complexity index is 1940. The van der Waals surface area contributed by atoms with Crippen LogP contribution in [0.2, 0.25) is 0 Å².